The second-order valence-corrected chi connectivity index (χ2v) is 8.17. The molecule has 2 aromatic carbocycles. The Kier molecular flexibility index (Phi) is 4.91. The second kappa shape index (κ2) is 6.94. The summed E-state index contributed by atoms with van der Waals surface area (Å²) in [4.78, 5) is 0.213. The van der Waals surface area contributed by atoms with Crippen LogP contribution >= 0.6 is 11.6 Å². The van der Waals surface area contributed by atoms with E-state index in [4.69, 9.17) is 16.9 Å². The summed E-state index contributed by atoms with van der Waals surface area (Å²) in [7, 11) is -3.55. The third-order valence-corrected chi connectivity index (χ3v) is 6.06. The molecule has 1 saturated carbocycles. The molecule has 6 heteroatoms. The van der Waals surface area contributed by atoms with Crippen LogP contribution in [0.3, 0.4) is 0 Å². The third-order valence-electron chi connectivity index (χ3n) is 4.29. The fourth-order valence-corrected chi connectivity index (χ4v) is 4.38. The highest BCUT2D eigenvalue weighted by atomic mass is 35.5. The van der Waals surface area contributed by atoms with Crippen LogP contribution in [0, 0.1) is 11.3 Å². The molecule has 0 spiro atoms. The second-order valence-electron chi connectivity index (χ2n) is 6.02. The molecule has 1 aliphatic carbocycles. The molecule has 0 atom stereocenters. The smallest absolute Gasteiger partial charge is 0.208 e. The number of rotatable bonds is 5. The minimum absolute atomic E-state index is 0.0599. The number of halogens is 1. The summed E-state index contributed by atoms with van der Waals surface area (Å²) in [5, 5.41) is 9.44. The molecule has 24 heavy (non-hydrogen) atoms. The summed E-state index contributed by atoms with van der Waals surface area (Å²) in [5.74, 6) is 0.361. The summed E-state index contributed by atoms with van der Waals surface area (Å²) in [5.41, 5.74) is 1.89. The fourth-order valence-electron chi connectivity index (χ4n) is 2.92. The van der Waals surface area contributed by atoms with E-state index in [0.717, 1.165) is 12.8 Å². The average Bonchev–Trinajstić information content (AvgIpc) is 2.52. The van der Waals surface area contributed by atoms with Crippen molar-refractivity contribution in [2.75, 3.05) is 0 Å². The number of nitrogens with zero attached hydrogens (tertiary/aromatic N) is 1. The van der Waals surface area contributed by atoms with E-state index in [1.165, 1.54) is 5.56 Å². The van der Waals surface area contributed by atoms with Crippen LogP contribution in [-0.2, 0) is 16.4 Å². The lowest BCUT2D eigenvalue weighted by atomic mass is 9.76. The number of benzene rings is 2. The van der Waals surface area contributed by atoms with E-state index in [2.05, 4.69) is 4.72 Å². The van der Waals surface area contributed by atoms with Crippen LogP contribution in [0.4, 0.5) is 0 Å². The van der Waals surface area contributed by atoms with Crippen molar-refractivity contribution in [1.29, 1.82) is 5.26 Å². The molecule has 4 nitrogen and oxygen atoms in total. The fraction of sp³-hybridized carbons (Fsp3) is 0.278. The Morgan fingerprint density at radius 2 is 1.88 bits per heavy atom. The molecule has 0 heterocycles. The number of nitrogens with one attached hydrogen (secondary N) is 1. The van der Waals surface area contributed by atoms with Crippen LogP contribution in [0.5, 0.6) is 0 Å². The number of hydrogen-bond donors (Lipinski definition) is 1. The van der Waals surface area contributed by atoms with E-state index >= 15 is 0 Å². The first kappa shape index (κ1) is 17.0. The van der Waals surface area contributed by atoms with Gasteiger partial charge in [-0.15, -0.1) is 0 Å². The molecule has 0 unspecified atom stereocenters. The normalized spacial score (nSPS) is 20.2. The predicted molar refractivity (Wildman–Crippen MR) is 93.3 cm³/mol. The maximum absolute atomic E-state index is 12.5. The minimum Gasteiger partial charge on any atom is -0.208 e. The molecule has 0 saturated heterocycles. The molecule has 2 aromatic rings. The third kappa shape index (κ3) is 3.78. The Bertz CT molecular complexity index is 867. The van der Waals surface area contributed by atoms with Gasteiger partial charge in [0.1, 0.15) is 0 Å². The Morgan fingerprint density at radius 3 is 2.54 bits per heavy atom. The molecule has 1 fully saturated rings. The maximum Gasteiger partial charge on any atom is 0.240 e. The van der Waals surface area contributed by atoms with Gasteiger partial charge in [0.25, 0.3) is 0 Å². The number of hydrogen-bond acceptors (Lipinski definition) is 3. The molecule has 0 radical (unpaired) electrons. The van der Waals surface area contributed by atoms with Gasteiger partial charge in [0.15, 0.2) is 0 Å². The monoisotopic (exact) mass is 360 g/mol. The molecule has 0 aliphatic heterocycles. The number of nitriles is 1. The van der Waals surface area contributed by atoms with Crippen LogP contribution in [0.15, 0.2) is 53.4 Å². The van der Waals surface area contributed by atoms with Crippen LogP contribution in [0.1, 0.15) is 29.9 Å². The van der Waals surface area contributed by atoms with Gasteiger partial charge in [0.05, 0.1) is 17.4 Å². The lowest BCUT2D eigenvalue weighted by molar-refractivity contribution is 0.326. The summed E-state index contributed by atoms with van der Waals surface area (Å²) in [6, 6.07) is 16.2. The van der Waals surface area contributed by atoms with Crippen molar-refractivity contribution >= 4 is 21.6 Å². The van der Waals surface area contributed by atoms with Gasteiger partial charge in [-0.2, -0.15) is 5.26 Å². The van der Waals surface area contributed by atoms with E-state index in [9.17, 15) is 8.42 Å². The topological polar surface area (TPSA) is 70.0 Å². The molecular formula is C18H17ClN2O2S. The SMILES string of the molecule is N#CCc1cccc(S(=O)(=O)NC2CC(c3ccc(Cl)cc3)C2)c1. The first-order valence-electron chi connectivity index (χ1n) is 7.71. The zero-order chi connectivity index (χ0) is 17.2. The van der Waals surface area contributed by atoms with Crippen molar-refractivity contribution in [2.45, 2.75) is 36.1 Å². The molecule has 0 bridgehead atoms. The van der Waals surface area contributed by atoms with Gasteiger partial charge >= 0.3 is 0 Å². The first-order valence-corrected chi connectivity index (χ1v) is 9.58. The maximum atomic E-state index is 12.5. The molecule has 0 amide bonds. The lowest BCUT2D eigenvalue weighted by Gasteiger charge is -2.36. The Hall–Kier alpha value is -1.87. The van der Waals surface area contributed by atoms with E-state index in [0.29, 0.717) is 16.5 Å². The van der Waals surface area contributed by atoms with E-state index in [1.54, 1.807) is 24.3 Å². The van der Waals surface area contributed by atoms with Gasteiger partial charge in [-0.05, 0) is 54.2 Å². The summed E-state index contributed by atoms with van der Waals surface area (Å²) < 4.78 is 27.7. The highest BCUT2D eigenvalue weighted by Crippen LogP contribution is 2.37. The van der Waals surface area contributed by atoms with Gasteiger partial charge in [-0.1, -0.05) is 35.9 Å². The Morgan fingerprint density at radius 1 is 1.17 bits per heavy atom. The van der Waals surface area contributed by atoms with Crippen molar-refractivity contribution in [2.24, 2.45) is 0 Å². The van der Waals surface area contributed by atoms with Gasteiger partial charge in [-0.3, -0.25) is 0 Å². The Balaban J connectivity index is 1.63. The highest BCUT2D eigenvalue weighted by Gasteiger charge is 2.33. The van der Waals surface area contributed by atoms with Gasteiger partial charge in [-0.25, -0.2) is 13.1 Å². The standard InChI is InChI=1S/C18H17ClN2O2S/c19-16-6-4-14(5-7-16)15-11-17(12-15)21-24(22,23)18-3-1-2-13(10-18)8-9-20/h1-7,10,15,17,21H,8,11-12H2. The zero-order valence-electron chi connectivity index (χ0n) is 12.9. The predicted octanol–water partition coefficient (Wildman–Crippen LogP) is 3.63. The van der Waals surface area contributed by atoms with Crippen molar-refractivity contribution < 1.29 is 8.42 Å². The summed E-state index contributed by atoms with van der Waals surface area (Å²) in [6.07, 6.45) is 1.75. The molecule has 1 N–H and O–H groups in total. The summed E-state index contributed by atoms with van der Waals surface area (Å²) >= 11 is 5.88. The highest BCUT2D eigenvalue weighted by molar-refractivity contribution is 7.89. The van der Waals surface area contributed by atoms with Gasteiger partial charge in [0.2, 0.25) is 10.0 Å². The molecule has 124 valence electrons. The van der Waals surface area contributed by atoms with Crippen LogP contribution in [0.2, 0.25) is 5.02 Å². The van der Waals surface area contributed by atoms with Gasteiger partial charge < -0.3 is 0 Å². The van der Waals surface area contributed by atoms with E-state index in [-0.39, 0.29) is 17.4 Å². The van der Waals surface area contributed by atoms with E-state index in [1.807, 2.05) is 30.3 Å². The Labute approximate surface area is 147 Å². The molecule has 3 rings (SSSR count). The molecular weight excluding hydrogens is 344 g/mol. The van der Waals surface area contributed by atoms with Gasteiger partial charge in [0, 0.05) is 11.1 Å². The van der Waals surface area contributed by atoms with Crippen molar-refractivity contribution in [3.8, 4) is 6.07 Å². The quantitative estimate of drug-likeness (QED) is 0.885. The van der Waals surface area contributed by atoms with Crippen molar-refractivity contribution in [1.82, 2.24) is 4.72 Å². The first-order chi connectivity index (χ1) is 11.5. The van der Waals surface area contributed by atoms with Crippen LogP contribution in [0.25, 0.3) is 0 Å². The largest absolute Gasteiger partial charge is 0.240 e. The van der Waals surface area contributed by atoms with Crippen LogP contribution < -0.4 is 4.72 Å². The average molecular weight is 361 g/mol. The summed E-state index contributed by atoms with van der Waals surface area (Å²) in [6.45, 7) is 0. The van der Waals surface area contributed by atoms with E-state index < -0.39 is 10.0 Å². The zero-order valence-corrected chi connectivity index (χ0v) is 14.5. The van der Waals surface area contributed by atoms with Crippen molar-refractivity contribution in [3.63, 3.8) is 0 Å². The van der Waals surface area contributed by atoms with Crippen molar-refractivity contribution in [3.05, 3.63) is 64.7 Å². The molecule has 0 aromatic heterocycles. The number of sulfonamides is 1. The van der Waals surface area contributed by atoms with Crippen LogP contribution in [-0.4, -0.2) is 14.5 Å². The molecule has 1 aliphatic rings. The lowest BCUT2D eigenvalue weighted by Crippen LogP contribution is -2.43. The minimum atomic E-state index is -3.55.